The van der Waals surface area contributed by atoms with Crippen molar-refractivity contribution in [2.75, 3.05) is 5.32 Å². The highest BCUT2D eigenvalue weighted by Crippen LogP contribution is 2.47. The average Bonchev–Trinajstić information content (AvgIpc) is 3.40. The van der Waals surface area contributed by atoms with Gasteiger partial charge >= 0.3 is 0 Å². The smallest absolute Gasteiger partial charge is 0.259 e. The Bertz CT molecular complexity index is 1340. The first-order valence-corrected chi connectivity index (χ1v) is 11.2. The first-order valence-electron chi connectivity index (χ1n) is 11.2. The number of hydrogen-bond acceptors (Lipinski definition) is 5. The molecular weight excluding hydrogens is 430 g/mol. The number of furan rings is 1. The maximum absolute atomic E-state index is 12.6. The molecule has 2 amide bonds. The number of carbonyl (C=O) groups is 2. The van der Waals surface area contributed by atoms with Gasteiger partial charge in [-0.05, 0) is 56.0 Å². The van der Waals surface area contributed by atoms with Gasteiger partial charge in [0.15, 0.2) is 0 Å². The Balaban J connectivity index is 1.22. The molecule has 0 saturated heterocycles. The third-order valence-electron chi connectivity index (χ3n) is 6.15. The van der Waals surface area contributed by atoms with Crippen LogP contribution in [0.15, 0.2) is 75.8 Å². The summed E-state index contributed by atoms with van der Waals surface area (Å²) in [6.45, 7) is 3.88. The van der Waals surface area contributed by atoms with Crippen LogP contribution in [-0.2, 0) is 11.3 Å². The lowest BCUT2D eigenvalue weighted by Crippen LogP contribution is -2.25. The number of rotatable bonds is 7. The fraction of sp³-hybridized carbons (Fsp3) is 0.222. The molecule has 1 aliphatic rings. The highest BCUT2D eigenvalue weighted by molar-refractivity contribution is 6.05. The van der Waals surface area contributed by atoms with Crippen LogP contribution in [0.5, 0.6) is 0 Å². The zero-order valence-electron chi connectivity index (χ0n) is 19.0. The molecule has 34 heavy (non-hydrogen) atoms. The quantitative estimate of drug-likeness (QED) is 0.398. The van der Waals surface area contributed by atoms with E-state index in [2.05, 4.69) is 27.8 Å². The molecule has 1 aliphatic carbocycles. The van der Waals surface area contributed by atoms with Gasteiger partial charge in [0.1, 0.15) is 17.2 Å². The lowest BCUT2D eigenvalue weighted by atomic mass is 10.1. The molecule has 7 heteroatoms. The zero-order chi connectivity index (χ0) is 23.7. The molecule has 0 bridgehead atoms. The van der Waals surface area contributed by atoms with Gasteiger partial charge in [-0.2, -0.15) is 0 Å². The van der Waals surface area contributed by atoms with Crippen molar-refractivity contribution < 1.29 is 18.4 Å². The summed E-state index contributed by atoms with van der Waals surface area (Å²) in [6.07, 6.45) is 2.36. The van der Waals surface area contributed by atoms with Crippen LogP contribution in [0.1, 0.15) is 45.5 Å². The Morgan fingerprint density at radius 2 is 1.85 bits per heavy atom. The minimum atomic E-state index is -0.246. The van der Waals surface area contributed by atoms with E-state index in [1.54, 1.807) is 25.1 Å². The summed E-state index contributed by atoms with van der Waals surface area (Å²) in [6, 6.07) is 19.0. The Morgan fingerprint density at radius 1 is 1.03 bits per heavy atom. The fourth-order valence-electron chi connectivity index (χ4n) is 4.12. The molecular formula is C27H25N3O4. The van der Waals surface area contributed by atoms with Crippen LogP contribution >= 0.6 is 0 Å². The van der Waals surface area contributed by atoms with E-state index in [-0.39, 0.29) is 17.7 Å². The number of benzene rings is 2. The van der Waals surface area contributed by atoms with Gasteiger partial charge in [0.2, 0.25) is 11.8 Å². The number of carbonyl (C=O) groups excluding carboxylic acids is 2. The molecule has 0 spiro atoms. The van der Waals surface area contributed by atoms with Gasteiger partial charge in [-0.3, -0.25) is 9.59 Å². The van der Waals surface area contributed by atoms with Crippen LogP contribution in [0.3, 0.4) is 0 Å². The first-order chi connectivity index (χ1) is 16.5. The van der Waals surface area contributed by atoms with Gasteiger partial charge in [-0.25, -0.2) is 4.98 Å². The first kappa shape index (κ1) is 21.7. The lowest BCUT2D eigenvalue weighted by molar-refractivity contribution is -0.122. The molecule has 172 valence electrons. The molecule has 2 aromatic heterocycles. The number of amides is 2. The highest BCUT2D eigenvalue weighted by Gasteiger charge is 2.43. The number of aryl methyl sites for hydroxylation is 2. The number of nitrogens with one attached hydrogen (secondary N) is 2. The van der Waals surface area contributed by atoms with Crippen LogP contribution in [0.4, 0.5) is 5.69 Å². The van der Waals surface area contributed by atoms with E-state index in [1.165, 1.54) is 11.8 Å². The second-order valence-corrected chi connectivity index (χ2v) is 8.52. The molecule has 1 fully saturated rings. The lowest BCUT2D eigenvalue weighted by Gasteiger charge is -2.05. The van der Waals surface area contributed by atoms with E-state index in [9.17, 15) is 9.59 Å². The predicted octanol–water partition coefficient (Wildman–Crippen LogP) is 5.22. The van der Waals surface area contributed by atoms with Crippen molar-refractivity contribution in [1.29, 1.82) is 0 Å². The molecule has 5 rings (SSSR count). The molecule has 0 unspecified atom stereocenters. The largest absolute Gasteiger partial charge is 0.469 e. The van der Waals surface area contributed by atoms with E-state index in [1.807, 2.05) is 37.3 Å². The number of hydrogen-bond donors (Lipinski definition) is 2. The number of nitrogens with zero attached hydrogens (tertiary/aromatic N) is 1. The summed E-state index contributed by atoms with van der Waals surface area (Å²) in [5.74, 6) is 1.73. The van der Waals surface area contributed by atoms with E-state index in [0.29, 0.717) is 46.8 Å². The van der Waals surface area contributed by atoms with Crippen molar-refractivity contribution in [3.8, 4) is 11.5 Å². The average molecular weight is 456 g/mol. The normalized spacial score (nSPS) is 16.8. The van der Waals surface area contributed by atoms with Gasteiger partial charge < -0.3 is 19.5 Å². The minimum absolute atomic E-state index is 0.00762. The van der Waals surface area contributed by atoms with Gasteiger partial charge in [0, 0.05) is 17.2 Å². The van der Waals surface area contributed by atoms with Crippen molar-refractivity contribution in [2.45, 2.75) is 32.7 Å². The topological polar surface area (TPSA) is 97.4 Å². The van der Waals surface area contributed by atoms with Crippen LogP contribution in [0.2, 0.25) is 0 Å². The van der Waals surface area contributed by atoms with Gasteiger partial charge in [0.05, 0.1) is 18.4 Å². The van der Waals surface area contributed by atoms with Crippen LogP contribution in [0.25, 0.3) is 11.5 Å². The molecule has 2 atom stereocenters. The third-order valence-corrected chi connectivity index (χ3v) is 6.15. The molecule has 1 saturated carbocycles. The molecule has 2 heterocycles. The molecule has 0 aliphatic heterocycles. The third kappa shape index (κ3) is 4.50. The molecule has 2 N–H and O–H groups in total. The van der Waals surface area contributed by atoms with Crippen LogP contribution in [0, 0.1) is 19.8 Å². The van der Waals surface area contributed by atoms with Crippen molar-refractivity contribution in [3.05, 3.63) is 95.3 Å². The fourth-order valence-corrected chi connectivity index (χ4v) is 4.12. The second-order valence-electron chi connectivity index (χ2n) is 8.52. The predicted molar refractivity (Wildman–Crippen MR) is 127 cm³/mol. The summed E-state index contributed by atoms with van der Waals surface area (Å²) in [4.78, 5) is 29.7. The number of aromatic nitrogens is 1. The molecule has 2 aromatic carbocycles. The number of oxazole rings is 1. The van der Waals surface area contributed by atoms with E-state index in [0.717, 1.165) is 12.0 Å². The van der Waals surface area contributed by atoms with E-state index in [4.69, 9.17) is 8.83 Å². The van der Waals surface area contributed by atoms with E-state index >= 15 is 0 Å². The molecule has 4 aromatic rings. The maximum Gasteiger partial charge on any atom is 0.259 e. The van der Waals surface area contributed by atoms with Crippen molar-refractivity contribution in [3.63, 3.8) is 0 Å². The van der Waals surface area contributed by atoms with Crippen LogP contribution < -0.4 is 10.6 Å². The summed E-state index contributed by atoms with van der Waals surface area (Å²) in [5, 5.41) is 5.87. The van der Waals surface area contributed by atoms with Crippen molar-refractivity contribution >= 4 is 17.5 Å². The van der Waals surface area contributed by atoms with Crippen molar-refractivity contribution in [1.82, 2.24) is 10.3 Å². The standard InChI is InChI=1S/C27H25N3O4/c1-16-21(11-12-33-16)26(32)29-20-10-6-9-19(13-20)27-30-24(17(2)34-27)15-28-25(31)23-14-22(23)18-7-4-3-5-8-18/h3-13,22-23H,14-15H2,1-2H3,(H,28,31)(H,29,32)/t22-,23+/m0/s1. The Kier molecular flexibility index (Phi) is 5.76. The van der Waals surface area contributed by atoms with Crippen LogP contribution in [-0.4, -0.2) is 16.8 Å². The zero-order valence-corrected chi connectivity index (χ0v) is 19.0. The summed E-state index contributed by atoms with van der Waals surface area (Å²) in [7, 11) is 0. The van der Waals surface area contributed by atoms with E-state index < -0.39 is 0 Å². The highest BCUT2D eigenvalue weighted by atomic mass is 16.4. The maximum atomic E-state index is 12.6. The minimum Gasteiger partial charge on any atom is -0.469 e. The Labute approximate surface area is 197 Å². The monoisotopic (exact) mass is 455 g/mol. The summed E-state index contributed by atoms with van der Waals surface area (Å²) < 4.78 is 11.1. The van der Waals surface area contributed by atoms with Crippen molar-refractivity contribution in [2.24, 2.45) is 5.92 Å². The SMILES string of the molecule is Cc1occc1C(=O)Nc1cccc(-c2nc(CNC(=O)[C@@H]3C[C@H]3c3ccccc3)c(C)o2)c1. The molecule has 7 nitrogen and oxygen atoms in total. The molecule has 0 radical (unpaired) electrons. The Morgan fingerprint density at radius 3 is 2.62 bits per heavy atom. The van der Waals surface area contributed by atoms with Gasteiger partial charge in [-0.1, -0.05) is 36.4 Å². The summed E-state index contributed by atoms with van der Waals surface area (Å²) in [5.41, 5.74) is 3.73. The summed E-state index contributed by atoms with van der Waals surface area (Å²) >= 11 is 0. The Hall–Kier alpha value is -4.13. The number of anilines is 1. The van der Waals surface area contributed by atoms with Gasteiger partial charge in [-0.15, -0.1) is 0 Å². The second kappa shape index (κ2) is 9.02. The van der Waals surface area contributed by atoms with Gasteiger partial charge in [0.25, 0.3) is 5.91 Å².